The van der Waals surface area contributed by atoms with Gasteiger partial charge in [0.2, 0.25) is 0 Å². The molecule has 0 unspecified atom stereocenters. The second kappa shape index (κ2) is 11.2. The lowest BCUT2D eigenvalue weighted by atomic mass is 9.94. The molecular weight excluding hydrogens is 476 g/mol. The second-order valence-corrected chi connectivity index (χ2v) is 9.96. The molecule has 0 amide bonds. The highest BCUT2D eigenvalue weighted by Crippen LogP contribution is 2.31. The molecule has 1 aliphatic rings. The minimum absolute atomic E-state index is 0.280. The molecule has 4 nitrogen and oxygen atoms in total. The molecule has 174 valence electrons. The van der Waals surface area contributed by atoms with Crippen LogP contribution in [0.15, 0.2) is 65.1 Å². The monoisotopic (exact) mass is 508 g/mol. The van der Waals surface area contributed by atoms with E-state index in [1.165, 1.54) is 42.6 Å². The van der Waals surface area contributed by atoms with Crippen molar-refractivity contribution < 1.29 is 9.84 Å². The van der Waals surface area contributed by atoms with Crippen molar-refractivity contribution in [3.63, 3.8) is 0 Å². The number of rotatable bonds is 9. The first-order valence-corrected chi connectivity index (χ1v) is 12.5. The summed E-state index contributed by atoms with van der Waals surface area (Å²) in [5, 5.41) is 10.2. The number of phenolic OH excluding ortho intramolecular Hbond substituents is 1. The first-order valence-electron chi connectivity index (χ1n) is 11.7. The molecule has 0 radical (unpaired) electrons. The summed E-state index contributed by atoms with van der Waals surface area (Å²) in [4.78, 5) is 4.62. The van der Waals surface area contributed by atoms with Gasteiger partial charge in [-0.25, -0.2) is 0 Å². The van der Waals surface area contributed by atoms with E-state index < -0.39 is 0 Å². The molecule has 0 aliphatic carbocycles. The molecular formula is C28H33BrN2O2. The van der Waals surface area contributed by atoms with E-state index in [2.05, 4.69) is 70.2 Å². The minimum atomic E-state index is 0.280. The number of aromatic hydroxyl groups is 1. The third-order valence-corrected chi connectivity index (χ3v) is 6.87. The summed E-state index contributed by atoms with van der Waals surface area (Å²) in [6.07, 6.45) is 3.40. The Morgan fingerprint density at radius 1 is 0.939 bits per heavy atom. The zero-order valence-electron chi connectivity index (χ0n) is 19.6. The standard InChI is InChI=1S/C28H33BrN2O2/c1-30(2)20-24-6-5-21(18-28(24)29)17-23-7-10-25(32)19-27(23)22-8-11-26(12-9-22)33-16-15-31-13-3-4-14-31/h5-12,18-19,32H,3-4,13-17,20H2,1-2H3. The van der Waals surface area contributed by atoms with Crippen molar-refractivity contribution in [1.82, 2.24) is 9.80 Å². The lowest BCUT2D eigenvalue weighted by Gasteiger charge is -2.16. The number of likely N-dealkylation sites (tertiary alicyclic amines) is 1. The van der Waals surface area contributed by atoms with Crippen LogP contribution in [-0.4, -0.2) is 55.2 Å². The highest BCUT2D eigenvalue weighted by atomic mass is 79.9. The largest absolute Gasteiger partial charge is 0.508 e. The number of hydrogen-bond donors (Lipinski definition) is 1. The molecule has 0 bridgehead atoms. The molecule has 1 saturated heterocycles. The molecule has 1 aliphatic heterocycles. The summed E-state index contributed by atoms with van der Waals surface area (Å²) < 4.78 is 7.09. The summed E-state index contributed by atoms with van der Waals surface area (Å²) >= 11 is 3.73. The molecule has 1 N–H and O–H groups in total. The van der Waals surface area contributed by atoms with Crippen molar-refractivity contribution in [3.8, 4) is 22.6 Å². The van der Waals surface area contributed by atoms with Crippen LogP contribution in [-0.2, 0) is 13.0 Å². The topological polar surface area (TPSA) is 35.9 Å². The third kappa shape index (κ3) is 6.59. The van der Waals surface area contributed by atoms with Gasteiger partial charge in [0.25, 0.3) is 0 Å². The van der Waals surface area contributed by atoms with Crippen molar-refractivity contribution in [3.05, 3.63) is 81.8 Å². The Bertz CT molecular complexity index is 1060. The van der Waals surface area contributed by atoms with Crippen LogP contribution in [0.1, 0.15) is 29.5 Å². The fraction of sp³-hybridized carbons (Fsp3) is 0.357. The first kappa shape index (κ1) is 23.8. The number of halogens is 1. The van der Waals surface area contributed by atoms with Gasteiger partial charge in [0.1, 0.15) is 18.1 Å². The van der Waals surface area contributed by atoms with E-state index in [1.807, 2.05) is 24.3 Å². The molecule has 1 heterocycles. The number of hydrogen-bond acceptors (Lipinski definition) is 4. The number of phenols is 1. The molecule has 33 heavy (non-hydrogen) atoms. The van der Waals surface area contributed by atoms with Gasteiger partial charge in [0, 0.05) is 17.6 Å². The van der Waals surface area contributed by atoms with Gasteiger partial charge in [0.05, 0.1) is 0 Å². The van der Waals surface area contributed by atoms with Crippen LogP contribution in [0.4, 0.5) is 0 Å². The van der Waals surface area contributed by atoms with Crippen LogP contribution in [0.25, 0.3) is 11.1 Å². The molecule has 3 aromatic rings. The Hall–Kier alpha value is -2.34. The molecule has 5 heteroatoms. The summed E-state index contributed by atoms with van der Waals surface area (Å²) in [7, 11) is 4.15. The number of nitrogens with zero attached hydrogens (tertiary/aromatic N) is 2. The van der Waals surface area contributed by atoms with Gasteiger partial charge in [-0.05, 0) is 105 Å². The molecule has 3 aromatic carbocycles. The maximum Gasteiger partial charge on any atom is 0.119 e. The summed E-state index contributed by atoms with van der Waals surface area (Å²) in [6.45, 7) is 4.99. The first-order chi connectivity index (χ1) is 16.0. The van der Waals surface area contributed by atoms with Crippen molar-refractivity contribution in [2.45, 2.75) is 25.8 Å². The number of benzene rings is 3. The Labute approximate surface area is 205 Å². The van der Waals surface area contributed by atoms with E-state index in [0.717, 1.165) is 47.5 Å². The molecule has 1 fully saturated rings. The maximum atomic E-state index is 10.2. The summed E-state index contributed by atoms with van der Waals surface area (Å²) in [6, 6.07) is 20.4. The van der Waals surface area contributed by atoms with Crippen LogP contribution >= 0.6 is 15.9 Å². The van der Waals surface area contributed by atoms with E-state index in [-0.39, 0.29) is 5.75 Å². The Kier molecular flexibility index (Phi) is 8.07. The summed E-state index contributed by atoms with van der Waals surface area (Å²) in [5.41, 5.74) is 5.82. The normalized spacial score (nSPS) is 14.2. The maximum absolute atomic E-state index is 10.2. The van der Waals surface area contributed by atoms with Gasteiger partial charge >= 0.3 is 0 Å². The zero-order valence-corrected chi connectivity index (χ0v) is 21.1. The molecule has 4 rings (SSSR count). The van der Waals surface area contributed by atoms with Crippen LogP contribution in [0.3, 0.4) is 0 Å². The van der Waals surface area contributed by atoms with Gasteiger partial charge in [-0.2, -0.15) is 0 Å². The van der Waals surface area contributed by atoms with E-state index in [4.69, 9.17) is 4.74 Å². The van der Waals surface area contributed by atoms with Crippen molar-refractivity contribution in [2.24, 2.45) is 0 Å². The average molecular weight is 509 g/mol. The van der Waals surface area contributed by atoms with E-state index in [9.17, 15) is 5.11 Å². The van der Waals surface area contributed by atoms with Crippen LogP contribution in [0, 0.1) is 0 Å². The molecule has 0 saturated carbocycles. The van der Waals surface area contributed by atoms with Crippen LogP contribution in [0.5, 0.6) is 11.5 Å². The van der Waals surface area contributed by atoms with Crippen molar-refractivity contribution in [2.75, 3.05) is 40.3 Å². The molecule has 0 aromatic heterocycles. The van der Waals surface area contributed by atoms with Gasteiger partial charge in [-0.1, -0.05) is 46.3 Å². The van der Waals surface area contributed by atoms with E-state index in [0.29, 0.717) is 0 Å². The van der Waals surface area contributed by atoms with Gasteiger partial charge in [-0.15, -0.1) is 0 Å². The van der Waals surface area contributed by atoms with Crippen LogP contribution < -0.4 is 4.74 Å². The Balaban J connectivity index is 1.47. The fourth-order valence-electron chi connectivity index (χ4n) is 4.41. The fourth-order valence-corrected chi connectivity index (χ4v) is 4.96. The lowest BCUT2D eigenvalue weighted by molar-refractivity contribution is 0.238. The highest BCUT2D eigenvalue weighted by Gasteiger charge is 2.12. The SMILES string of the molecule is CN(C)Cc1ccc(Cc2ccc(O)cc2-c2ccc(OCCN3CCCC3)cc2)cc1Br. The smallest absolute Gasteiger partial charge is 0.119 e. The van der Waals surface area contributed by atoms with Gasteiger partial charge < -0.3 is 14.7 Å². The summed E-state index contributed by atoms with van der Waals surface area (Å²) in [5.74, 6) is 1.17. The predicted molar refractivity (Wildman–Crippen MR) is 139 cm³/mol. The number of ether oxygens (including phenoxy) is 1. The predicted octanol–water partition coefficient (Wildman–Crippen LogP) is 5.95. The third-order valence-electron chi connectivity index (χ3n) is 6.13. The molecule has 0 spiro atoms. The van der Waals surface area contributed by atoms with E-state index in [1.54, 1.807) is 6.07 Å². The lowest BCUT2D eigenvalue weighted by Crippen LogP contribution is -2.25. The molecule has 0 atom stereocenters. The van der Waals surface area contributed by atoms with Gasteiger partial charge in [-0.3, -0.25) is 4.90 Å². The van der Waals surface area contributed by atoms with Crippen molar-refractivity contribution in [1.29, 1.82) is 0 Å². The zero-order chi connectivity index (χ0) is 23.2. The Morgan fingerprint density at radius 3 is 2.36 bits per heavy atom. The average Bonchev–Trinajstić information content (AvgIpc) is 3.31. The highest BCUT2D eigenvalue weighted by molar-refractivity contribution is 9.10. The second-order valence-electron chi connectivity index (χ2n) is 9.10. The van der Waals surface area contributed by atoms with E-state index >= 15 is 0 Å². The van der Waals surface area contributed by atoms with Crippen LogP contribution in [0.2, 0.25) is 0 Å². The van der Waals surface area contributed by atoms with Crippen molar-refractivity contribution >= 4 is 15.9 Å². The van der Waals surface area contributed by atoms with Gasteiger partial charge in [0.15, 0.2) is 0 Å². The quantitative estimate of drug-likeness (QED) is 0.387. The minimum Gasteiger partial charge on any atom is -0.508 e. The Morgan fingerprint density at radius 2 is 1.67 bits per heavy atom.